The van der Waals surface area contributed by atoms with Crippen molar-refractivity contribution in [2.45, 2.75) is 59.2 Å². The normalized spacial score (nSPS) is 12.8. The number of rotatable bonds is 10. The van der Waals surface area contributed by atoms with E-state index in [2.05, 4.69) is 58.1 Å². The van der Waals surface area contributed by atoms with E-state index in [0.717, 1.165) is 75.3 Å². The molecule has 0 radical (unpaired) electrons. The standard InChI is InChI=1S/C34H40N8O/c1-22(2)32-24(4)42(30-18-26-19-40(17-11-16-39(5)6)38-34(26)35-23(30)3)37-33(32)27-14-10-15-29-28(27)20-41(36-29)21-31(43)25-12-8-7-9-13-25/h7-10,12-15,18-20,22,31,43H,11,16-17,21H2,1-6H3/t31-/m0/s1. The Hall–Kier alpha value is -4.34. The number of aliphatic hydroxyl groups excluding tert-OH is 1. The van der Waals surface area contributed by atoms with Crippen molar-refractivity contribution in [3.63, 3.8) is 0 Å². The predicted octanol–water partition coefficient (Wildman–Crippen LogP) is 6.06. The fourth-order valence-electron chi connectivity index (χ4n) is 5.95. The highest BCUT2D eigenvalue weighted by Gasteiger charge is 2.23. The van der Waals surface area contributed by atoms with Crippen molar-refractivity contribution in [2.24, 2.45) is 0 Å². The predicted molar refractivity (Wildman–Crippen MR) is 172 cm³/mol. The highest BCUT2D eigenvalue weighted by molar-refractivity contribution is 5.94. The van der Waals surface area contributed by atoms with Gasteiger partial charge in [-0.2, -0.15) is 15.3 Å². The molecule has 4 heterocycles. The molecule has 0 saturated heterocycles. The van der Waals surface area contributed by atoms with Crippen LogP contribution in [-0.2, 0) is 13.1 Å². The van der Waals surface area contributed by atoms with Crippen LogP contribution in [-0.4, -0.2) is 65.0 Å². The lowest BCUT2D eigenvalue weighted by atomic mass is 9.95. The lowest BCUT2D eigenvalue weighted by molar-refractivity contribution is 0.152. The largest absolute Gasteiger partial charge is 0.386 e. The number of hydrogen-bond acceptors (Lipinski definition) is 6. The number of benzene rings is 2. The number of aliphatic hydroxyl groups is 1. The van der Waals surface area contributed by atoms with Gasteiger partial charge < -0.3 is 10.0 Å². The molecule has 2 aromatic carbocycles. The van der Waals surface area contributed by atoms with Crippen molar-refractivity contribution in [1.82, 2.24) is 39.2 Å². The van der Waals surface area contributed by atoms with Crippen LogP contribution in [0, 0.1) is 13.8 Å². The van der Waals surface area contributed by atoms with E-state index in [9.17, 15) is 5.11 Å². The molecule has 6 aromatic rings. The average Bonchev–Trinajstić information content (AvgIpc) is 3.66. The molecule has 0 saturated carbocycles. The number of aromatic nitrogens is 7. The summed E-state index contributed by atoms with van der Waals surface area (Å²) in [7, 11) is 4.18. The smallest absolute Gasteiger partial charge is 0.181 e. The molecule has 9 heteroatoms. The first-order chi connectivity index (χ1) is 20.7. The molecule has 1 N–H and O–H groups in total. The Morgan fingerprint density at radius 1 is 0.907 bits per heavy atom. The average molecular weight is 577 g/mol. The molecule has 0 aliphatic rings. The van der Waals surface area contributed by atoms with Gasteiger partial charge in [0.25, 0.3) is 0 Å². The van der Waals surface area contributed by atoms with Crippen molar-refractivity contribution in [3.05, 3.63) is 89.5 Å². The third kappa shape index (κ3) is 5.70. The van der Waals surface area contributed by atoms with E-state index in [-0.39, 0.29) is 5.92 Å². The van der Waals surface area contributed by atoms with Gasteiger partial charge in [0.2, 0.25) is 0 Å². The van der Waals surface area contributed by atoms with Crippen LogP contribution in [0.3, 0.4) is 0 Å². The monoisotopic (exact) mass is 576 g/mol. The lowest BCUT2D eigenvalue weighted by Gasteiger charge is -2.10. The third-order valence-electron chi connectivity index (χ3n) is 8.06. The van der Waals surface area contributed by atoms with Gasteiger partial charge in [-0.15, -0.1) is 0 Å². The van der Waals surface area contributed by atoms with Gasteiger partial charge in [0.1, 0.15) is 0 Å². The molecule has 0 amide bonds. The number of hydrogen-bond donors (Lipinski definition) is 1. The number of nitrogens with zero attached hydrogens (tertiary/aromatic N) is 8. The van der Waals surface area contributed by atoms with Gasteiger partial charge >= 0.3 is 0 Å². The van der Waals surface area contributed by atoms with E-state index < -0.39 is 6.10 Å². The molecule has 0 bridgehead atoms. The molecule has 0 spiro atoms. The second kappa shape index (κ2) is 11.7. The fourth-order valence-corrected chi connectivity index (χ4v) is 5.95. The Morgan fingerprint density at radius 3 is 2.44 bits per heavy atom. The minimum atomic E-state index is -0.644. The third-order valence-corrected chi connectivity index (χ3v) is 8.06. The van der Waals surface area contributed by atoms with Gasteiger partial charge in [-0.25, -0.2) is 9.67 Å². The minimum absolute atomic E-state index is 0.255. The van der Waals surface area contributed by atoms with Gasteiger partial charge in [-0.3, -0.25) is 9.36 Å². The Bertz CT molecular complexity index is 1880. The number of fused-ring (bicyclic) bond motifs is 2. The number of aryl methyl sites for hydroxylation is 2. The van der Waals surface area contributed by atoms with Gasteiger partial charge in [-0.1, -0.05) is 56.3 Å². The van der Waals surface area contributed by atoms with Crippen molar-refractivity contribution in [2.75, 3.05) is 20.6 Å². The first-order valence-corrected chi connectivity index (χ1v) is 15.0. The molecule has 222 valence electrons. The molecule has 0 aliphatic heterocycles. The molecule has 9 nitrogen and oxygen atoms in total. The summed E-state index contributed by atoms with van der Waals surface area (Å²) in [6.07, 6.45) is 4.50. The molecule has 6 rings (SSSR count). The first kappa shape index (κ1) is 28.8. The Kier molecular flexibility index (Phi) is 7.85. The molecular formula is C34H40N8O. The zero-order valence-corrected chi connectivity index (χ0v) is 25.9. The Labute approximate surface area is 252 Å². The fraction of sp³-hybridized carbons (Fsp3) is 0.353. The molecule has 4 aromatic heterocycles. The van der Waals surface area contributed by atoms with Crippen LogP contribution in [0.25, 0.3) is 38.9 Å². The molecule has 0 unspecified atom stereocenters. The van der Waals surface area contributed by atoms with E-state index in [1.165, 1.54) is 5.56 Å². The van der Waals surface area contributed by atoms with Crippen molar-refractivity contribution >= 4 is 21.9 Å². The van der Waals surface area contributed by atoms with Crippen LogP contribution in [0.5, 0.6) is 0 Å². The van der Waals surface area contributed by atoms with Crippen molar-refractivity contribution < 1.29 is 5.11 Å². The van der Waals surface area contributed by atoms with E-state index in [4.69, 9.17) is 20.3 Å². The molecule has 43 heavy (non-hydrogen) atoms. The molecule has 0 fully saturated rings. The van der Waals surface area contributed by atoms with Gasteiger partial charge in [0, 0.05) is 46.5 Å². The second-order valence-corrected chi connectivity index (χ2v) is 12.0. The van der Waals surface area contributed by atoms with Gasteiger partial charge in [0.05, 0.1) is 35.2 Å². The summed E-state index contributed by atoms with van der Waals surface area (Å²) in [5.41, 5.74) is 8.62. The van der Waals surface area contributed by atoms with Crippen LogP contribution in [0.2, 0.25) is 0 Å². The van der Waals surface area contributed by atoms with Crippen molar-refractivity contribution in [1.29, 1.82) is 0 Å². The van der Waals surface area contributed by atoms with Crippen LogP contribution in [0.4, 0.5) is 0 Å². The van der Waals surface area contributed by atoms with E-state index in [1.807, 2.05) is 69.6 Å². The summed E-state index contributed by atoms with van der Waals surface area (Å²) < 4.78 is 5.87. The highest BCUT2D eigenvalue weighted by atomic mass is 16.3. The summed E-state index contributed by atoms with van der Waals surface area (Å²) in [5.74, 6) is 0.255. The maximum atomic E-state index is 10.8. The van der Waals surface area contributed by atoms with Crippen molar-refractivity contribution in [3.8, 4) is 16.9 Å². The zero-order chi connectivity index (χ0) is 30.2. The van der Waals surface area contributed by atoms with E-state index in [0.29, 0.717) is 6.54 Å². The second-order valence-electron chi connectivity index (χ2n) is 12.0. The van der Waals surface area contributed by atoms with Crippen LogP contribution < -0.4 is 0 Å². The van der Waals surface area contributed by atoms with Gasteiger partial charge in [-0.05, 0) is 64.5 Å². The number of pyridine rings is 1. The maximum Gasteiger partial charge on any atom is 0.181 e. The topological polar surface area (TPSA) is 89.8 Å². The molecule has 0 aliphatic carbocycles. The summed E-state index contributed by atoms with van der Waals surface area (Å²) in [4.78, 5) is 7.07. The minimum Gasteiger partial charge on any atom is -0.386 e. The molecular weight excluding hydrogens is 536 g/mol. The Balaban J connectivity index is 1.39. The summed E-state index contributed by atoms with van der Waals surface area (Å²) in [6.45, 7) is 10.8. The summed E-state index contributed by atoms with van der Waals surface area (Å²) in [5, 5.41) is 27.6. The summed E-state index contributed by atoms with van der Waals surface area (Å²) >= 11 is 0. The zero-order valence-electron chi connectivity index (χ0n) is 25.9. The van der Waals surface area contributed by atoms with E-state index >= 15 is 0 Å². The van der Waals surface area contributed by atoms with Crippen LogP contribution in [0.1, 0.15) is 54.8 Å². The van der Waals surface area contributed by atoms with Gasteiger partial charge in [0.15, 0.2) is 5.65 Å². The first-order valence-electron chi connectivity index (χ1n) is 15.0. The quantitative estimate of drug-likeness (QED) is 0.213. The Morgan fingerprint density at radius 2 is 1.70 bits per heavy atom. The summed E-state index contributed by atoms with van der Waals surface area (Å²) in [6, 6.07) is 18.0. The maximum absolute atomic E-state index is 10.8. The van der Waals surface area contributed by atoms with Crippen LogP contribution in [0.15, 0.2) is 67.0 Å². The van der Waals surface area contributed by atoms with Crippen LogP contribution >= 0.6 is 0 Å². The lowest BCUT2D eigenvalue weighted by Crippen LogP contribution is -2.15. The molecule has 1 atom stereocenters. The highest BCUT2D eigenvalue weighted by Crippen LogP contribution is 2.37. The van der Waals surface area contributed by atoms with E-state index in [1.54, 1.807) is 0 Å². The SMILES string of the molecule is Cc1nc2nn(CCCN(C)C)cc2cc1-n1nc(-c2cccc3nn(C[C@H](O)c4ccccc4)cc23)c(C(C)C)c1C.